The summed E-state index contributed by atoms with van der Waals surface area (Å²) < 4.78 is 33.4. The first-order chi connectivity index (χ1) is 10.7. The quantitative estimate of drug-likeness (QED) is 0.838. The molecule has 0 bridgehead atoms. The predicted molar refractivity (Wildman–Crippen MR) is 93.5 cm³/mol. The maximum Gasteiger partial charge on any atom is 0.243 e. The van der Waals surface area contributed by atoms with Crippen molar-refractivity contribution in [2.45, 2.75) is 51.9 Å². The average molecular weight is 340 g/mol. The normalized spacial score (nSPS) is 23.3. The van der Waals surface area contributed by atoms with E-state index >= 15 is 0 Å². The molecule has 23 heavy (non-hydrogen) atoms. The van der Waals surface area contributed by atoms with Gasteiger partial charge in [-0.15, -0.1) is 0 Å². The molecule has 0 aromatic heterocycles. The minimum Gasteiger partial charge on any atom is -0.496 e. The van der Waals surface area contributed by atoms with Crippen LogP contribution in [0.3, 0.4) is 0 Å². The zero-order valence-electron chi connectivity index (χ0n) is 15.1. The molecule has 1 saturated heterocycles. The van der Waals surface area contributed by atoms with E-state index in [1.807, 2.05) is 13.0 Å². The molecular weight excluding hydrogens is 310 g/mol. The molecule has 5 heteroatoms. The number of nitrogens with zero attached hydrogens (tertiary/aromatic N) is 1. The summed E-state index contributed by atoms with van der Waals surface area (Å²) in [7, 11) is -1.83. The lowest BCUT2D eigenvalue weighted by molar-refractivity contribution is 0.222. The molecule has 1 fully saturated rings. The highest BCUT2D eigenvalue weighted by Crippen LogP contribution is 2.34. The van der Waals surface area contributed by atoms with Crippen molar-refractivity contribution in [3.8, 4) is 5.75 Å². The fourth-order valence-electron chi connectivity index (χ4n) is 3.52. The van der Waals surface area contributed by atoms with Crippen LogP contribution < -0.4 is 4.74 Å². The number of ether oxygens (including phenoxy) is 1. The highest BCUT2D eigenvalue weighted by atomic mass is 32.2. The van der Waals surface area contributed by atoms with Crippen LogP contribution in [0, 0.1) is 18.8 Å². The third kappa shape index (κ3) is 3.72. The van der Waals surface area contributed by atoms with Crippen molar-refractivity contribution in [2.24, 2.45) is 11.8 Å². The Bertz CT molecular complexity index is 657. The van der Waals surface area contributed by atoms with Gasteiger partial charge in [0.25, 0.3) is 0 Å². The van der Waals surface area contributed by atoms with E-state index in [0.29, 0.717) is 29.8 Å². The maximum absolute atomic E-state index is 13.2. The lowest BCUT2D eigenvalue weighted by Gasteiger charge is -2.34. The fraction of sp³-hybridized carbons (Fsp3) is 0.667. The minimum absolute atomic E-state index is 0.207. The van der Waals surface area contributed by atoms with Crippen LogP contribution in [-0.4, -0.2) is 32.9 Å². The lowest BCUT2D eigenvalue weighted by Crippen LogP contribution is -2.42. The topological polar surface area (TPSA) is 46.6 Å². The Hall–Kier alpha value is -1.07. The van der Waals surface area contributed by atoms with Gasteiger partial charge in [0.1, 0.15) is 5.75 Å². The number of methoxy groups -OCH3 is 1. The van der Waals surface area contributed by atoms with Gasteiger partial charge in [-0.1, -0.05) is 27.7 Å². The Morgan fingerprint density at radius 2 is 1.74 bits per heavy atom. The number of sulfonamides is 1. The van der Waals surface area contributed by atoms with E-state index in [1.165, 1.54) is 0 Å². The number of rotatable bonds is 4. The van der Waals surface area contributed by atoms with E-state index in [1.54, 1.807) is 17.5 Å². The number of hydrogen-bond acceptors (Lipinski definition) is 3. The molecule has 0 unspecified atom stereocenters. The number of piperidine rings is 1. The Morgan fingerprint density at radius 1 is 1.17 bits per heavy atom. The third-order valence-electron chi connectivity index (χ3n) is 4.60. The van der Waals surface area contributed by atoms with Crippen LogP contribution in [0.15, 0.2) is 17.0 Å². The molecule has 2 rings (SSSR count). The van der Waals surface area contributed by atoms with Gasteiger partial charge >= 0.3 is 0 Å². The van der Waals surface area contributed by atoms with Gasteiger partial charge in [0, 0.05) is 13.1 Å². The van der Waals surface area contributed by atoms with E-state index in [4.69, 9.17) is 4.74 Å². The number of aryl methyl sites for hydroxylation is 1. The van der Waals surface area contributed by atoms with Gasteiger partial charge in [-0.05, 0) is 54.4 Å². The van der Waals surface area contributed by atoms with Crippen LogP contribution in [0.5, 0.6) is 5.75 Å². The molecule has 1 aliphatic rings. The van der Waals surface area contributed by atoms with Crippen LogP contribution >= 0.6 is 0 Å². The molecule has 0 aliphatic carbocycles. The van der Waals surface area contributed by atoms with E-state index in [9.17, 15) is 8.42 Å². The van der Waals surface area contributed by atoms with Crippen molar-refractivity contribution in [1.82, 2.24) is 4.31 Å². The summed E-state index contributed by atoms with van der Waals surface area (Å²) in [6.45, 7) is 11.4. The van der Waals surface area contributed by atoms with Crippen LogP contribution in [0.25, 0.3) is 0 Å². The minimum atomic E-state index is -3.46. The zero-order valence-corrected chi connectivity index (χ0v) is 15.9. The first-order valence-corrected chi connectivity index (χ1v) is 9.79. The smallest absolute Gasteiger partial charge is 0.243 e. The fourth-order valence-corrected chi connectivity index (χ4v) is 5.45. The molecule has 0 N–H and O–H groups in total. The van der Waals surface area contributed by atoms with Crippen molar-refractivity contribution >= 4 is 10.0 Å². The van der Waals surface area contributed by atoms with Crippen molar-refractivity contribution in [3.63, 3.8) is 0 Å². The molecule has 1 aromatic rings. The molecule has 0 amide bonds. The number of hydrogen-bond donors (Lipinski definition) is 0. The van der Waals surface area contributed by atoms with E-state index in [0.717, 1.165) is 23.3 Å². The summed E-state index contributed by atoms with van der Waals surface area (Å²) in [6, 6.07) is 3.65. The second kappa shape index (κ2) is 6.81. The van der Waals surface area contributed by atoms with Gasteiger partial charge in [-0.3, -0.25) is 0 Å². The summed E-state index contributed by atoms with van der Waals surface area (Å²) >= 11 is 0. The zero-order chi connectivity index (χ0) is 17.4. The van der Waals surface area contributed by atoms with Gasteiger partial charge in [0.2, 0.25) is 10.0 Å². The van der Waals surface area contributed by atoms with Crippen LogP contribution in [-0.2, 0) is 10.0 Å². The summed E-state index contributed by atoms with van der Waals surface area (Å²) in [6.07, 6.45) is 1.09. The molecule has 0 spiro atoms. The van der Waals surface area contributed by atoms with Gasteiger partial charge in [0.05, 0.1) is 12.0 Å². The molecular formula is C18H29NO3S. The highest BCUT2D eigenvalue weighted by molar-refractivity contribution is 7.89. The molecule has 1 aliphatic heterocycles. The van der Waals surface area contributed by atoms with Crippen LogP contribution in [0.2, 0.25) is 0 Å². The summed E-state index contributed by atoms with van der Waals surface area (Å²) in [4.78, 5) is 0.420. The van der Waals surface area contributed by atoms with E-state index in [2.05, 4.69) is 27.7 Å². The first-order valence-electron chi connectivity index (χ1n) is 8.35. The van der Waals surface area contributed by atoms with Crippen molar-refractivity contribution in [2.75, 3.05) is 20.2 Å². The van der Waals surface area contributed by atoms with E-state index in [-0.39, 0.29) is 5.92 Å². The molecule has 2 atom stereocenters. The molecule has 130 valence electrons. The molecule has 0 radical (unpaired) electrons. The van der Waals surface area contributed by atoms with Crippen molar-refractivity contribution in [1.29, 1.82) is 0 Å². The molecule has 0 saturated carbocycles. The Labute approximate surface area is 140 Å². The second-order valence-corrected chi connectivity index (χ2v) is 9.19. The summed E-state index contributed by atoms with van der Waals surface area (Å²) in [5.74, 6) is 1.77. The first kappa shape index (κ1) is 18.3. The Kier molecular flexibility index (Phi) is 5.41. The third-order valence-corrected chi connectivity index (χ3v) is 6.58. The number of benzene rings is 1. The summed E-state index contributed by atoms with van der Waals surface area (Å²) in [5.41, 5.74) is 1.69. The van der Waals surface area contributed by atoms with Crippen LogP contribution in [0.1, 0.15) is 51.2 Å². The molecule has 4 nitrogen and oxygen atoms in total. The Balaban J connectivity index is 2.49. The van der Waals surface area contributed by atoms with Crippen molar-refractivity contribution < 1.29 is 13.2 Å². The lowest BCUT2D eigenvalue weighted by atomic mass is 9.94. The molecule has 1 heterocycles. The predicted octanol–water partition coefficient (Wildman–Crippen LogP) is 3.79. The Morgan fingerprint density at radius 3 is 2.22 bits per heavy atom. The SMILES string of the molecule is COc1cc(C)c(S(=O)(=O)N2C[C@H](C)C[C@H](C)C2)cc1C(C)C. The summed E-state index contributed by atoms with van der Waals surface area (Å²) in [5, 5.41) is 0. The van der Waals surface area contributed by atoms with Gasteiger partial charge in [0.15, 0.2) is 0 Å². The average Bonchev–Trinajstić information content (AvgIpc) is 2.45. The monoisotopic (exact) mass is 339 g/mol. The van der Waals surface area contributed by atoms with Crippen LogP contribution in [0.4, 0.5) is 0 Å². The standard InChI is InChI=1S/C18H29NO3S/c1-12(2)16-9-18(15(5)8-17(16)22-6)23(20,21)19-10-13(3)7-14(4)11-19/h8-9,12-14H,7,10-11H2,1-6H3/t13-,14+. The van der Waals surface area contributed by atoms with Crippen molar-refractivity contribution in [3.05, 3.63) is 23.3 Å². The second-order valence-electron chi connectivity index (χ2n) is 7.28. The van der Waals surface area contributed by atoms with Gasteiger partial charge in [-0.25, -0.2) is 8.42 Å². The highest BCUT2D eigenvalue weighted by Gasteiger charge is 2.33. The largest absolute Gasteiger partial charge is 0.496 e. The molecule has 1 aromatic carbocycles. The van der Waals surface area contributed by atoms with E-state index < -0.39 is 10.0 Å². The van der Waals surface area contributed by atoms with Gasteiger partial charge < -0.3 is 4.74 Å². The maximum atomic E-state index is 13.2. The van der Waals surface area contributed by atoms with Gasteiger partial charge in [-0.2, -0.15) is 4.31 Å².